The van der Waals surface area contributed by atoms with Crippen molar-refractivity contribution < 1.29 is 18.0 Å². The molecule has 5 nitrogen and oxygen atoms in total. The second-order valence-electron chi connectivity index (χ2n) is 6.19. The molecule has 0 unspecified atom stereocenters. The third kappa shape index (κ3) is 5.98. The number of rotatable bonds is 5. The predicted molar refractivity (Wildman–Crippen MR) is 87.1 cm³/mol. The van der Waals surface area contributed by atoms with Crippen molar-refractivity contribution in [2.24, 2.45) is 0 Å². The van der Waals surface area contributed by atoms with Crippen molar-refractivity contribution in [1.29, 1.82) is 0 Å². The van der Waals surface area contributed by atoms with Crippen LogP contribution in [0.25, 0.3) is 0 Å². The quantitative estimate of drug-likeness (QED) is 0.801. The van der Waals surface area contributed by atoms with Gasteiger partial charge in [-0.05, 0) is 26.9 Å². The number of aromatic nitrogens is 2. The van der Waals surface area contributed by atoms with Gasteiger partial charge >= 0.3 is 6.18 Å². The van der Waals surface area contributed by atoms with E-state index in [2.05, 4.69) is 9.88 Å². The highest BCUT2D eigenvalue weighted by Crippen LogP contribution is 2.19. The topological polar surface area (TPSA) is 41.4 Å². The van der Waals surface area contributed by atoms with E-state index in [4.69, 9.17) is 0 Å². The Kier molecular flexibility index (Phi) is 7.54. The van der Waals surface area contributed by atoms with Gasteiger partial charge in [-0.25, -0.2) is 4.98 Å². The van der Waals surface area contributed by atoms with Gasteiger partial charge in [0.2, 0.25) is 5.91 Å². The molecule has 1 aromatic heterocycles. The minimum atomic E-state index is -4.29. The number of nitrogens with zero attached hydrogens (tertiary/aromatic N) is 4. The van der Waals surface area contributed by atoms with Crippen LogP contribution in [0.15, 0.2) is 12.4 Å². The second-order valence-corrected chi connectivity index (χ2v) is 6.19. The van der Waals surface area contributed by atoms with Gasteiger partial charge in [0.1, 0.15) is 12.4 Å². The Morgan fingerprint density at radius 2 is 2.12 bits per heavy atom. The van der Waals surface area contributed by atoms with Crippen LogP contribution in [0.2, 0.25) is 0 Å². The van der Waals surface area contributed by atoms with E-state index in [9.17, 15) is 18.0 Å². The summed E-state index contributed by atoms with van der Waals surface area (Å²) in [6.45, 7) is 0.339. The summed E-state index contributed by atoms with van der Waals surface area (Å²) < 4.78 is 38.5. The van der Waals surface area contributed by atoms with Crippen molar-refractivity contribution in [3.63, 3.8) is 0 Å². The number of halogens is 4. The van der Waals surface area contributed by atoms with E-state index in [0.717, 1.165) is 24.0 Å². The number of likely N-dealkylation sites (tertiary alicyclic amines) is 1. The number of amides is 1. The molecule has 1 saturated heterocycles. The third-order valence-electron chi connectivity index (χ3n) is 4.19. The van der Waals surface area contributed by atoms with E-state index < -0.39 is 12.7 Å². The van der Waals surface area contributed by atoms with Crippen molar-refractivity contribution in [3.05, 3.63) is 18.2 Å². The zero-order valence-corrected chi connectivity index (χ0v) is 14.7. The van der Waals surface area contributed by atoms with Gasteiger partial charge in [-0.1, -0.05) is 0 Å². The van der Waals surface area contributed by atoms with E-state index in [-0.39, 0.29) is 31.2 Å². The molecule has 0 aliphatic carbocycles. The standard InChI is InChI=1S/C15H23F3N4O.ClH/c1-20(2)12-4-3-8-21(10-12)14(23)6-5-13-19-7-9-22(13)11-15(16,17)18;/h7,9,12H,3-6,8,10-11H2,1-2H3;1H/t12-;/m1./s1. The van der Waals surface area contributed by atoms with Crippen LogP contribution < -0.4 is 0 Å². The van der Waals surface area contributed by atoms with Crippen LogP contribution in [0.4, 0.5) is 13.2 Å². The summed E-state index contributed by atoms with van der Waals surface area (Å²) in [5, 5.41) is 0. The summed E-state index contributed by atoms with van der Waals surface area (Å²) in [4.78, 5) is 20.2. The molecule has 2 heterocycles. The van der Waals surface area contributed by atoms with Crippen molar-refractivity contribution in [2.75, 3.05) is 27.2 Å². The number of imidazole rings is 1. The van der Waals surface area contributed by atoms with Crippen LogP contribution in [-0.4, -0.2) is 64.7 Å². The van der Waals surface area contributed by atoms with E-state index in [1.165, 1.54) is 12.4 Å². The van der Waals surface area contributed by atoms with Crippen molar-refractivity contribution in [2.45, 2.75) is 44.4 Å². The molecule has 0 aromatic carbocycles. The molecule has 0 bridgehead atoms. The van der Waals surface area contributed by atoms with Crippen molar-refractivity contribution >= 4 is 18.3 Å². The fourth-order valence-electron chi connectivity index (χ4n) is 2.88. The third-order valence-corrected chi connectivity index (χ3v) is 4.19. The van der Waals surface area contributed by atoms with Crippen molar-refractivity contribution in [3.8, 4) is 0 Å². The van der Waals surface area contributed by atoms with Gasteiger partial charge < -0.3 is 14.4 Å². The number of hydrogen-bond acceptors (Lipinski definition) is 3. The number of carbonyl (C=O) groups is 1. The second kappa shape index (κ2) is 8.71. The number of likely N-dealkylation sites (N-methyl/N-ethyl adjacent to an activating group) is 1. The summed E-state index contributed by atoms with van der Waals surface area (Å²) in [6, 6.07) is 0.347. The molecule has 1 aromatic rings. The normalized spacial score (nSPS) is 18.6. The van der Waals surface area contributed by atoms with Gasteiger partial charge in [0, 0.05) is 44.4 Å². The van der Waals surface area contributed by atoms with E-state index >= 15 is 0 Å². The summed E-state index contributed by atoms with van der Waals surface area (Å²) in [6.07, 6.45) is 0.792. The molecule has 2 rings (SSSR count). The molecule has 9 heteroatoms. The lowest BCUT2D eigenvalue weighted by Gasteiger charge is -2.36. The molecule has 1 aliphatic rings. The van der Waals surface area contributed by atoms with Gasteiger partial charge in [-0.3, -0.25) is 4.79 Å². The lowest BCUT2D eigenvalue weighted by atomic mass is 10.0. The zero-order valence-electron chi connectivity index (χ0n) is 13.9. The van der Waals surface area contributed by atoms with Crippen LogP contribution in [0.3, 0.4) is 0 Å². The molecule has 24 heavy (non-hydrogen) atoms. The average Bonchev–Trinajstić information content (AvgIpc) is 2.90. The number of alkyl halides is 3. The first-order valence-electron chi connectivity index (χ1n) is 7.77. The van der Waals surface area contributed by atoms with Crippen LogP contribution in [-0.2, 0) is 17.8 Å². The van der Waals surface area contributed by atoms with Crippen LogP contribution in [0.1, 0.15) is 25.1 Å². The Labute approximate surface area is 146 Å². The maximum absolute atomic E-state index is 12.5. The largest absolute Gasteiger partial charge is 0.406 e. The van der Waals surface area contributed by atoms with Crippen LogP contribution in [0.5, 0.6) is 0 Å². The molecule has 0 saturated carbocycles. The van der Waals surface area contributed by atoms with Crippen LogP contribution >= 0.6 is 12.4 Å². The monoisotopic (exact) mass is 368 g/mol. The molecule has 1 fully saturated rings. The summed E-state index contributed by atoms with van der Waals surface area (Å²) in [7, 11) is 3.99. The summed E-state index contributed by atoms with van der Waals surface area (Å²) in [5.74, 6) is 0.287. The minimum absolute atomic E-state index is 0. The fourth-order valence-corrected chi connectivity index (χ4v) is 2.88. The van der Waals surface area contributed by atoms with Crippen molar-refractivity contribution in [1.82, 2.24) is 19.4 Å². The average molecular weight is 369 g/mol. The highest BCUT2D eigenvalue weighted by atomic mass is 35.5. The van der Waals surface area contributed by atoms with E-state index in [1.54, 1.807) is 0 Å². The minimum Gasteiger partial charge on any atom is -0.341 e. The Balaban J connectivity index is 0.00000288. The lowest BCUT2D eigenvalue weighted by molar-refractivity contribution is -0.141. The molecule has 138 valence electrons. The molecule has 1 atom stereocenters. The molecular formula is C15H24ClF3N4O. The number of carbonyl (C=O) groups excluding carboxylic acids is 1. The first-order valence-corrected chi connectivity index (χ1v) is 7.77. The molecule has 0 radical (unpaired) electrons. The Morgan fingerprint density at radius 3 is 2.75 bits per heavy atom. The maximum Gasteiger partial charge on any atom is 0.406 e. The SMILES string of the molecule is CN(C)[C@@H]1CCCN(C(=O)CCc2nccn2CC(F)(F)F)C1.Cl. The highest BCUT2D eigenvalue weighted by molar-refractivity contribution is 5.85. The molecule has 0 N–H and O–H groups in total. The van der Waals surface area contributed by atoms with Gasteiger partial charge in [-0.2, -0.15) is 13.2 Å². The van der Waals surface area contributed by atoms with E-state index in [0.29, 0.717) is 18.4 Å². The Bertz CT molecular complexity index is 533. The first kappa shape index (κ1) is 20.8. The van der Waals surface area contributed by atoms with Gasteiger partial charge in [0.05, 0.1) is 0 Å². The molecular weight excluding hydrogens is 345 g/mol. The predicted octanol–water partition coefficient (Wildman–Crippen LogP) is 2.35. The zero-order chi connectivity index (χ0) is 17.0. The summed E-state index contributed by atoms with van der Waals surface area (Å²) >= 11 is 0. The van der Waals surface area contributed by atoms with Gasteiger partial charge in [0.25, 0.3) is 0 Å². The van der Waals surface area contributed by atoms with E-state index in [1.807, 2.05) is 19.0 Å². The highest BCUT2D eigenvalue weighted by Gasteiger charge is 2.29. The Hall–Kier alpha value is -1.28. The number of hydrogen-bond donors (Lipinski definition) is 0. The lowest BCUT2D eigenvalue weighted by Crippen LogP contribution is -2.47. The van der Waals surface area contributed by atoms with Crippen LogP contribution in [0, 0.1) is 0 Å². The summed E-state index contributed by atoms with van der Waals surface area (Å²) in [5.41, 5.74) is 0. The smallest absolute Gasteiger partial charge is 0.341 e. The molecule has 1 aliphatic heterocycles. The van der Waals surface area contributed by atoms with Gasteiger partial charge in [-0.15, -0.1) is 12.4 Å². The maximum atomic E-state index is 12.5. The molecule has 0 spiro atoms. The Morgan fingerprint density at radius 1 is 1.42 bits per heavy atom. The first-order chi connectivity index (χ1) is 10.8. The number of aryl methyl sites for hydroxylation is 1. The molecule has 1 amide bonds. The van der Waals surface area contributed by atoms with Gasteiger partial charge in [0.15, 0.2) is 0 Å². The fraction of sp³-hybridized carbons (Fsp3) is 0.733. The number of piperidine rings is 1.